The van der Waals surface area contributed by atoms with Gasteiger partial charge >= 0.3 is 0 Å². The molecule has 0 unspecified atom stereocenters. The van der Waals surface area contributed by atoms with E-state index in [-0.39, 0.29) is 0 Å². The average molecular weight is 311 g/mol. The van der Waals surface area contributed by atoms with Gasteiger partial charge < -0.3 is 11.1 Å². The van der Waals surface area contributed by atoms with Crippen molar-refractivity contribution in [2.45, 2.75) is 12.8 Å². The summed E-state index contributed by atoms with van der Waals surface area (Å²) in [5, 5.41) is 4.18. The van der Waals surface area contributed by atoms with Crippen molar-refractivity contribution in [2.24, 2.45) is 11.7 Å². The van der Waals surface area contributed by atoms with Crippen LogP contribution in [0.5, 0.6) is 0 Å². The average Bonchev–Trinajstić information content (AvgIpc) is 3.03. The fourth-order valence-electron chi connectivity index (χ4n) is 2.39. The maximum absolute atomic E-state index is 11.1. The molecule has 2 heterocycles. The van der Waals surface area contributed by atoms with Crippen LogP contribution < -0.4 is 11.1 Å². The van der Waals surface area contributed by atoms with Gasteiger partial charge in [-0.05, 0) is 49.5 Å². The first-order valence-corrected chi connectivity index (χ1v) is 8.12. The van der Waals surface area contributed by atoms with Gasteiger partial charge in [0.2, 0.25) is 5.91 Å². The molecule has 1 aliphatic rings. The predicted molar refractivity (Wildman–Crippen MR) is 88.5 cm³/mol. The largest absolute Gasteiger partial charge is 0.366 e. The van der Waals surface area contributed by atoms with Crippen molar-refractivity contribution in [3.8, 4) is 22.3 Å². The van der Waals surface area contributed by atoms with Crippen molar-refractivity contribution >= 4 is 17.2 Å². The summed E-state index contributed by atoms with van der Waals surface area (Å²) in [6.07, 6.45) is 4.05. The first kappa shape index (κ1) is 14.8. The number of piperidine rings is 1. The molecule has 0 bridgehead atoms. The Morgan fingerprint density at radius 1 is 1.27 bits per heavy atom. The molecule has 0 saturated carbocycles. The number of rotatable bonds is 2. The van der Waals surface area contributed by atoms with E-state index in [0.29, 0.717) is 11.5 Å². The van der Waals surface area contributed by atoms with Gasteiger partial charge in [0.25, 0.3) is 0 Å². The Balaban J connectivity index is 1.73. The molecular weight excluding hydrogens is 294 g/mol. The minimum Gasteiger partial charge on any atom is -0.366 e. The van der Waals surface area contributed by atoms with Gasteiger partial charge in [0.05, 0.1) is 4.88 Å². The highest BCUT2D eigenvalue weighted by atomic mass is 32.1. The zero-order valence-corrected chi connectivity index (χ0v) is 13.0. The smallest absolute Gasteiger partial charge is 0.248 e. The highest BCUT2D eigenvalue weighted by Crippen LogP contribution is 2.26. The molecule has 2 aromatic rings. The topological polar surface area (TPSA) is 68.0 Å². The summed E-state index contributed by atoms with van der Waals surface area (Å²) in [6, 6.07) is 7.24. The molecule has 112 valence electrons. The monoisotopic (exact) mass is 311 g/mol. The molecule has 0 aliphatic carbocycles. The van der Waals surface area contributed by atoms with Gasteiger partial charge in [-0.15, -0.1) is 11.3 Å². The number of carbonyl (C=O) groups excluding carboxylic acids is 1. The van der Waals surface area contributed by atoms with Crippen LogP contribution in [0.15, 0.2) is 30.5 Å². The van der Waals surface area contributed by atoms with Gasteiger partial charge in [-0.25, -0.2) is 4.98 Å². The summed E-state index contributed by atoms with van der Waals surface area (Å²) in [6.45, 7) is 2.10. The van der Waals surface area contributed by atoms with Crippen molar-refractivity contribution in [2.75, 3.05) is 13.1 Å². The molecule has 0 spiro atoms. The molecule has 1 fully saturated rings. The number of carbonyl (C=O) groups is 1. The maximum atomic E-state index is 11.1. The number of aromatic nitrogens is 1. The van der Waals surface area contributed by atoms with Gasteiger partial charge in [0, 0.05) is 17.7 Å². The maximum Gasteiger partial charge on any atom is 0.248 e. The van der Waals surface area contributed by atoms with Crippen molar-refractivity contribution < 1.29 is 4.79 Å². The van der Waals surface area contributed by atoms with Gasteiger partial charge in [-0.3, -0.25) is 4.79 Å². The molecule has 1 amide bonds. The van der Waals surface area contributed by atoms with E-state index >= 15 is 0 Å². The lowest BCUT2D eigenvalue weighted by molar-refractivity contribution is 0.100. The minimum atomic E-state index is -0.413. The Labute approximate surface area is 133 Å². The lowest BCUT2D eigenvalue weighted by Gasteiger charge is -2.16. The number of thiazole rings is 1. The number of hydrogen-bond donors (Lipinski definition) is 2. The van der Waals surface area contributed by atoms with Crippen LogP contribution in [0, 0.1) is 17.8 Å². The normalized spacial score (nSPS) is 15.1. The van der Waals surface area contributed by atoms with Crippen LogP contribution in [0.4, 0.5) is 0 Å². The number of primary amides is 1. The molecule has 22 heavy (non-hydrogen) atoms. The van der Waals surface area contributed by atoms with E-state index in [1.807, 2.05) is 18.3 Å². The standard InChI is InChI=1S/C17H17N3OS/c18-17(21)14-4-2-13(3-5-14)15-11-20-16(22-15)6-1-12-7-9-19-10-8-12/h2-5,11-12,19H,7-10H2,(H2,18,21). The molecule has 1 aromatic heterocycles. The Kier molecular flexibility index (Phi) is 4.52. The van der Waals surface area contributed by atoms with E-state index in [9.17, 15) is 4.79 Å². The van der Waals surface area contributed by atoms with Crippen LogP contribution in [-0.4, -0.2) is 24.0 Å². The van der Waals surface area contributed by atoms with E-state index in [1.165, 1.54) is 0 Å². The highest BCUT2D eigenvalue weighted by Gasteiger charge is 2.10. The van der Waals surface area contributed by atoms with Crippen LogP contribution in [0.1, 0.15) is 28.2 Å². The van der Waals surface area contributed by atoms with E-state index in [0.717, 1.165) is 41.4 Å². The van der Waals surface area contributed by atoms with E-state index in [4.69, 9.17) is 5.73 Å². The van der Waals surface area contributed by atoms with Gasteiger partial charge in [0.15, 0.2) is 5.01 Å². The van der Waals surface area contributed by atoms with Crippen molar-refractivity contribution in [3.63, 3.8) is 0 Å². The van der Waals surface area contributed by atoms with Gasteiger partial charge in [0.1, 0.15) is 0 Å². The summed E-state index contributed by atoms with van der Waals surface area (Å²) in [5.41, 5.74) is 6.78. The fourth-order valence-corrected chi connectivity index (χ4v) is 3.18. The molecule has 3 N–H and O–H groups in total. The molecule has 0 atom stereocenters. The summed E-state index contributed by atoms with van der Waals surface area (Å²) in [7, 11) is 0. The molecular formula is C17H17N3OS. The molecule has 1 aromatic carbocycles. The Morgan fingerprint density at radius 3 is 2.68 bits per heavy atom. The first-order valence-electron chi connectivity index (χ1n) is 7.31. The number of hydrogen-bond acceptors (Lipinski definition) is 4. The molecule has 1 aliphatic heterocycles. The van der Waals surface area contributed by atoms with Crippen molar-refractivity contribution in [3.05, 3.63) is 41.0 Å². The molecule has 4 nitrogen and oxygen atoms in total. The van der Waals surface area contributed by atoms with Crippen LogP contribution in [0.3, 0.4) is 0 Å². The number of benzene rings is 1. The van der Waals surface area contributed by atoms with Gasteiger partial charge in [-0.1, -0.05) is 18.1 Å². The quantitative estimate of drug-likeness (QED) is 0.836. The molecule has 0 radical (unpaired) electrons. The van der Waals surface area contributed by atoms with E-state index in [1.54, 1.807) is 23.5 Å². The summed E-state index contributed by atoms with van der Waals surface area (Å²) >= 11 is 1.57. The SMILES string of the molecule is NC(=O)c1ccc(-c2cnc(C#CC3CCNCC3)s2)cc1. The zero-order valence-electron chi connectivity index (χ0n) is 12.1. The second-order valence-electron chi connectivity index (χ2n) is 5.26. The molecule has 1 saturated heterocycles. The lowest BCUT2D eigenvalue weighted by atomic mass is 9.99. The number of nitrogens with zero attached hydrogens (tertiary/aromatic N) is 1. The first-order chi connectivity index (χ1) is 10.7. The highest BCUT2D eigenvalue weighted by molar-refractivity contribution is 7.15. The third-order valence-electron chi connectivity index (χ3n) is 3.68. The minimum absolute atomic E-state index is 0.413. The Bertz CT molecular complexity index is 718. The van der Waals surface area contributed by atoms with Crippen LogP contribution >= 0.6 is 11.3 Å². The van der Waals surface area contributed by atoms with Crippen LogP contribution in [0.25, 0.3) is 10.4 Å². The molecule has 3 rings (SSSR count). The van der Waals surface area contributed by atoms with E-state index in [2.05, 4.69) is 22.1 Å². The predicted octanol–water partition coefficient (Wildman–Crippen LogP) is 2.26. The molecule has 5 heteroatoms. The third kappa shape index (κ3) is 3.53. The van der Waals surface area contributed by atoms with Crippen molar-refractivity contribution in [1.82, 2.24) is 10.3 Å². The number of nitrogens with two attached hydrogens (primary N) is 1. The van der Waals surface area contributed by atoms with Gasteiger partial charge in [-0.2, -0.15) is 0 Å². The van der Waals surface area contributed by atoms with Crippen molar-refractivity contribution in [1.29, 1.82) is 0 Å². The third-order valence-corrected chi connectivity index (χ3v) is 4.64. The summed E-state index contributed by atoms with van der Waals surface area (Å²) in [5.74, 6) is 6.58. The van der Waals surface area contributed by atoms with E-state index < -0.39 is 5.91 Å². The van der Waals surface area contributed by atoms with Crippen LogP contribution in [0.2, 0.25) is 0 Å². The van der Waals surface area contributed by atoms with Crippen LogP contribution in [-0.2, 0) is 0 Å². The Hall–Kier alpha value is -2.16. The second kappa shape index (κ2) is 6.73. The number of nitrogens with one attached hydrogen (secondary N) is 1. The second-order valence-corrected chi connectivity index (χ2v) is 6.30. The lowest BCUT2D eigenvalue weighted by Crippen LogP contribution is -2.26. The summed E-state index contributed by atoms with van der Waals surface area (Å²) < 4.78 is 0. The zero-order chi connectivity index (χ0) is 15.4. The summed E-state index contributed by atoms with van der Waals surface area (Å²) in [4.78, 5) is 16.5. The number of amides is 1. The Morgan fingerprint density at radius 2 is 2.00 bits per heavy atom. The fraction of sp³-hybridized carbons (Fsp3) is 0.294.